The van der Waals surface area contributed by atoms with E-state index in [1.807, 2.05) is 24.3 Å². The highest BCUT2D eigenvalue weighted by atomic mass is 16.6. The summed E-state index contributed by atoms with van der Waals surface area (Å²) in [5, 5.41) is 13.6. The van der Waals surface area contributed by atoms with E-state index in [0.29, 0.717) is 5.69 Å². The Bertz CT molecular complexity index is 726. The number of carbonyl (C=O) groups excluding carboxylic acids is 1. The highest BCUT2D eigenvalue weighted by molar-refractivity contribution is 6.04. The first-order valence-electron chi connectivity index (χ1n) is 6.92. The fraction of sp³-hybridized carbons (Fsp3) is 0.312. The van der Waals surface area contributed by atoms with E-state index >= 15 is 0 Å². The number of amides is 1. The maximum atomic E-state index is 12.4. The minimum Gasteiger partial charge on any atom is -0.340 e. The zero-order chi connectivity index (χ0) is 16.5. The summed E-state index contributed by atoms with van der Waals surface area (Å²) < 4.78 is 1.45. The van der Waals surface area contributed by atoms with Gasteiger partial charge in [-0.05, 0) is 17.0 Å². The number of aryl methyl sites for hydroxylation is 1. The van der Waals surface area contributed by atoms with E-state index in [1.54, 1.807) is 7.05 Å². The van der Waals surface area contributed by atoms with Crippen LogP contribution < -0.4 is 5.32 Å². The Morgan fingerprint density at radius 1 is 1.27 bits per heavy atom. The molecule has 1 aromatic heterocycles. The van der Waals surface area contributed by atoms with E-state index in [-0.39, 0.29) is 22.7 Å². The maximum Gasteiger partial charge on any atom is 0.287 e. The molecular weight excluding hydrogens is 282 g/mol. The lowest BCUT2D eigenvalue weighted by Crippen LogP contribution is -2.20. The molecule has 1 amide bonds. The van der Waals surface area contributed by atoms with E-state index in [2.05, 4.69) is 26.1 Å². The summed E-state index contributed by atoms with van der Waals surface area (Å²) in [4.78, 5) is 22.7. The number of hydrogen-bond acceptors (Lipinski definition) is 3. The molecule has 6 heteroatoms. The van der Waals surface area contributed by atoms with Gasteiger partial charge in [0.25, 0.3) is 11.6 Å². The van der Waals surface area contributed by atoms with Crippen molar-refractivity contribution in [1.29, 1.82) is 0 Å². The molecule has 0 aliphatic carbocycles. The summed E-state index contributed by atoms with van der Waals surface area (Å²) >= 11 is 0. The van der Waals surface area contributed by atoms with Crippen LogP contribution in [0.4, 0.5) is 11.4 Å². The lowest BCUT2D eigenvalue weighted by atomic mass is 9.86. The van der Waals surface area contributed by atoms with Gasteiger partial charge in [0, 0.05) is 18.8 Å². The average Bonchev–Trinajstić information content (AvgIpc) is 2.80. The molecule has 1 N–H and O–H groups in total. The summed E-state index contributed by atoms with van der Waals surface area (Å²) in [5.41, 5.74) is 1.74. The fourth-order valence-corrected chi connectivity index (χ4v) is 2.31. The molecule has 0 radical (unpaired) electrons. The number of benzene rings is 1. The third-order valence-corrected chi connectivity index (χ3v) is 3.42. The van der Waals surface area contributed by atoms with Crippen LogP contribution in [0.15, 0.2) is 36.5 Å². The molecule has 1 heterocycles. The molecule has 6 nitrogen and oxygen atoms in total. The number of carbonyl (C=O) groups is 1. The number of anilines is 1. The molecule has 22 heavy (non-hydrogen) atoms. The van der Waals surface area contributed by atoms with Crippen molar-refractivity contribution < 1.29 is 9.72 Å². The first kappa shape index (κ1) is 15.8. The first-order valence-corrected chi connectivity index (χ1v) is 6.92. The quantitative estimate of drug-likeness (QED) is 0.696. The van der Waals surface area contributed by atoms with Crippen LogP contribution in [0.1, 0.15) is 36.8 Å². The van der Waals surface area contributed by atoms with Crippen LogP contribution in [0.25, 0.3) is 0 Å². The molecule has 0 bridgehead atoms. The van der Waals surface area contributed by atoms with Crippen molar-refractivity contribution in [3.05, 3.63) is 57.9 Å². The van der Waals surface area contributed by atoms with Gasteiger partial charge in [-0.15, -0.1) is 0 Å². The fourth-order valence-electron chi connectivity index (χ4n) is 2.31. The van der Waals surface area contributed by atoms with Gasteiger partial charge in [0.15, 0.2) is 0 Å². The maximum absolute atomic E-state index is 12.4. The molecule has 0 unspecified atom stereocenters. The third-order valence-electron chi connectivity index (χ3n) is 3.42. The normalized spacial score (nSPS) is 11.3. The summed E-state index contributed by atoms with van der Waals surface area (Å²) in [7, 11) is 1.61. The van der Waals surface area contributed by atoms with Gasteiger partial charge in [-0.3, -0.25) is 14.9 Å². The van der Waals surface area contributed by atoms with Crippen LogP contribution >= 0.6 is 0 Å². The van der Waals surface area contributed by atoms with E-state index in [4.69, 9.17) is 0 Å². The minimum absolute atomic E-state index is 0.100. The number of nitrogens with zero attached hydrogens (tertiary/aromatic N) is 2. The lowest BCUT2D eigenvalue weighted by Gasteiger charge is -2.23. The molecule has 2 aromatic rings. The second kappa shape index (κ2) is 5.63. The molecule has 0 saturated carbocycles. The van der Waals surface area contributed by atoms with Gasteiger partial charge < -0.3 is 9.88 Å². The lowest BCUT2D eigenvalue weighted by molar-refractivity contribution is -0.384. The average molecular weight is 301 g/mol. The predicted molar refractivity (Wildman–Crippen MR) is 85.2 cm³/mol. The zero-order valence-corrected chi connectivity index (χ0v) is 13.1. The zero-order valence-electron chi connectivity index (χ0n) is 13.1. The van der Waals surface area contributed by atoms with Crippen molar-refractivity contribution in [1.82, 2.24) is 4.57 Å². The number of nitrogens with one attached hydrogen (secondary N) is 1. The van der Waals surface area contributed by atoms with Crippen LogP contribution in [0.5, 0.6) is 0 Å². The first-order chi connectivity index (χ1) is 10.2. The molecular formula is C16H19N3O3. The standard InChI is InChI=1S/C16H19N3O3/c1-16(2,3)12-7-5-6-8-13(12)17-15(20)14-9-11(19(21)22)10-18(14)4/h5-10H,1-4H3,(H,17,20). The van der Waals surface area contributed by atoms with Crippen molar-refractivity contribution in [2.45, 2.75) is 26.2 Å². The van der Waals surface area contributed by atoms with E-state index < -0.39 is 4.92 Å². The van der Waals surface area contributed by atoms with Crippen LogP contribution in [-0.4, -0.2) is 15.4 Å². The molecule has 0 atom stereocenters. The van der Waals surface area contributed by atoms with Gasteiger partial charge in [0.2, 0.25) is 0 Å². The van der Waals surface area contributed by atoms with Crippen molar-refractivity contribution in [3.8, 4) is 0 Å². The van der Waals surface area contributed by atoms with Crippen molar-refractivity contribution >= 4 is 17.3 Å². The van der Waals surface area contributed by atoms with Gasteiger partial charge in [-0.25, -0.2) is 0 Å². The molecule has 116 valence electrons. The smallest absolute Gasteiger partial charge is 0.287 e. The summed E-state index contributed by atoms with van der Waals surface area (Å²) in [5.74, 6) is -0.368. The van der Waals surface area contributed by atoms with Gasteiger partial charge in [-0.2, -0.15) is 0 Å². The third kappa shape index (κ3) is 3.16. The van der Waals surface area contributed by atoms with Crippen LogP contribution in [0.3, 0.4) is 0 Å². The summed E-state index contributed by atoms with van der Waals surface area (Å²) in [6.07, 6.45) is 1.32. The second-order valence-electron chi connectivity index (χ2n) is 6.20. The monoisotopic (exact) mass is 301 g/mol. The van der Waals surface area contributed by atoms with Gasteiger partial charge >= 0.3 is 0 Å². The summed E-state index contributed by atoms with van der Waals surface area (Å²) in [6, 6.07) is 8.83. The Hall–Kier alpha value is -2.63. The topological polar surface area (TPSA) is 77.2 Å². The molecule has 0 spiro atoms. The predicted octanol–water partition coefficient (Wildman–Crippen LogP) is 3.48. The number of nitro groups is 1. The number of aromatic nitrogens is 1. The van der Waals surface area contributed by atoms with Gasteiger partial charge in [0.1, 0.15) is 5.69 Å². The number of para-hydroxylation sites is 1. The second-order valence-corrected chi connectivity index (χ2v) is 6.20. The Morgan fingerprint density at radius 2 is 1.91 bits per heavy atom. The van der Waals surface area contributed by atoms with E-state index in [1.165, 1.54) is 16.8 Å². The SMILES string of the molecule is Cn1cc([N+](=O)[O-])cc1C(=O)Nc1ccccc1C(C)(C)C. The van der Waals surface area contributed by atoms with E-state index in [0.717, 1.165) is 5.56 Å². The van der Waals surface area contributed by atoms with Crippen LogP contribution in [-0.2, 0) is 12.5 Å². The number of hydrogen-bond donors (Lipinski definition) is 1. The molecule has 0 aliphatic rings. The summed E-state index contributed by atoms with van der Waals surface area (Å²) in [6.45, 7) is 6.18. The van der Waals surface area contributed by atoms with Crippen LogP contribution in [0, 0.1) is 10.1 Å². The Kier molecular flexibility index (Phi) is 4.03. The molecule has 2 rings (SSSR count). The van der Waals surface area contributed by atoms with E-state index in [9.17, 15) is 14.9 Å². The Balaban J connectivity index is 2.32. The van der Waals surface area contributed by atoms with Gasteiger partial charge in [0.05, 0.1) is 11.1 Å². The largest absolute Gasteiger partial charge is 0.340 e. The number of rotatable bonds is 3. The Morgan fingerprint density at radius 3 is 2.45 bits per heavy atom. The highest BCUT2D eigenvalue weighted by Crippen LogP contribution is 2.29. The highest BCUT2D eigenvalue weighted by Gasteiger charge is 2.21. The van der Waals surface area contributed by atoms with Gasteiger partial charge in [-0.1, -0.05) is 39.0 Å². The molecule has 0 aliphatic heterocycles. The van der Waals surface area contributed by atoms with Crippen LogP contribution in [0.2, 0.25) is 0 Å². The Labute approximate surface area is 128 Å². The van der Waals surface area contributed by atoms with Crippen molar-refractivity contribution in [3.63, 3.8) is 0 Å². The van der Waals surface area contributed by atoms with Crippen molar-refractivity contribution in [2.75, 3.05) is 5.32 Å². The minimum atomic E-state index is -0.514. The molecule has 0 saturated heterocycles. The molecule has 0 fully saturated rings. The molecule has 1 aromatic carbocycles. The van der Waals surface area contributed by atoms with Crippen molar-refractivity contribution in [2.24, 2.45) is 7.05 Å².